The fourth-order valence-electron chi connectivity index (χ4n) is 1.04. The van der Waals surface area contributed by atoms with Crippen molar-refractivity contribution in [2.24, 2.45) is 0 Å². The average Bonchev–Trinajstić information content (AvgIpc) is 1.93. The van der Waals surface area contributed by atoms with Crippen LogP contribution in [0.3, 0.4) is 0 Å². The van der Waals surface area contributed by atoms with E-state index < -0.39 is 15.6 Å². The van der Waals surface area contributed by atoms with Crippen molar-refractivity contribution in [3.63, 3.8) is 0 Å². The summed E-state index contributed by atoms with van der Waals surface area (Å²) < 4.78 is 25.4. The minimum atomic E-state index is -3.19. The maximum atomic E-state index is 11.4. The molecule has 0 aromatic rings. The lowest BCUT2D eigenvalue weighted by Gasteiger charge is -2.20. The topological polar surface area (TPSA) is 63.2 Å². The molecule has 0 unspecified atom stereocenters. The van der Waals surface area contributed by atoms with Gasteiger partial charge >= 0.3 is 0 Å². The van der Waals surface area contributed by atoms with E-state index in [0.717, 1.165) is 6.29 Å². The first-order valence-corrected chi connectivity index (χ1v) is 6.37. The highest BCUT2D eigenvalue weighted by Gasteiger charge is 2.18. The average molecular weight is 221 g/mol. The lowest BCUT2D eigenvalue weighted by molar-refractivity contribution is -0.107. The number of carbonyl (C=O) groups is 1. The fourth-order valence-corrected chi connectivity index (χ4v) is 2.66. The molecule has 0 saturated heterocycles. The summed E-state index contributed by atoms with van der Waals surface area (Å²) >= 11 is 0. The molecule has 0 aliphatic heterocycles. The Balaban J connectivity index is 3.91. The Labute approximate surface area is 86.1 Å². The minimum absolute atomic E-state index is 0.0953. The third-order valence-corrected chi connectivity index (χ3v) is 3.20. The van der Waals surface area contributed by atoms with Crippen molar-refractivity contribution in [1.29, 1.82) is 0 Å². The van der Waals surface area contributed by atoms with E-state index in [1.54, 1.807) is 20.8 Å². The maximum Gasteiger partial charge on any atom is 0.212 e. The van der Waals surface area contributed by atoms with E-state index in [0.29, 0.717) is 19.3 Å². The van der Waals surface area contributed by atoms with Gasteiger partial charge < -0.3 is 4.79 Å². The molecule has 0 spiro atoms. The van der Waals surface area contributed by atoms with Crippen LogP contribution < -0.4 is 4.72 Å². The van der Waals surface area contributed by atoms with Gasteiger partial charge in [-0.25, -0.2) is 13.1 Å². The van der Waals surface area contributed by atoms with E-state index in [2.05, 4.69) is 4.72 Å². The molecule has 0 aliphatic rings. The third kappa shape index (κ3) is 8.19. The van der Waals surface area contributed by atoms with Gasteiger partial charge in [-0.3, -0.25) is 0 Å². The van der Waals surface area contributed by atoms with Gasteiger partial charge in [0, 0.05) is 12.0 Å². The third-order valence-electron chi connectivity index (χ3n) is 1.45. The fraction of sp³-hybridized carbons (Fsp3) is 0.889. The Hall–Kier alpha value is -0.420. The molecule has 0 aliphatic carbocycles. The Morgan fingerprint density at radius 2 is 1.79 bits per heavy atom. The molecule has 0 radical (unpaired) electrons. The zero-order chi connectivity index (χ0) is 11.2. The molecule has 0 aromatic carbocycles. The molecule has 0 bridgehead atoms. The zero-order valence-corrected chi connectivity index (χ0v) is 9.86. The van der Waals surface area contributed by atoms with Gasteiger partial charge in [0.1, 0.15) is 6.29 Å². The number of hydrogen-bond acceptors (Lipinski definition) is 3. The molecule has 0 atom stereocenters. The summed E-state index contributed by atoms with van der Waals surface area (Å²) in [5.74, 6) is 0.0953. The molecule has 0 rings (SSSR count). The molecule has 5 heteroatoms. The van der Waals surface area contributed by atoms with E-state index in [-0.39, 0.29) is 5.75 Å². The Morgan fingerprint density at radius 3 is 2.21 bits per heavy atom. The van der Waals surface area contributed by atoms with Crippen LogP contribution >= 0.6 is 0 Å². The van der Waals surface area contributed by atoms with Gasteiger partial charge in [-0.1, -0.05) is 0 Å². The summed E-state index contributed by atoms with van der Waals surface area (Å²) in [5.41, 5.74) is -0.427. The summed E-state index contributed by atoms with van der Waals surface area (Å²) in [6.07, 6.45) is 2.41. The van der Waals surface area contributed by atoms with Crippen molar-refractivity contribution in [3.8, 4) is 0 Å². The molecule has 84 valence electrons. The molecule has 14 heavy (non-hydrogen) atoms. The normalized spacial score (nSPS) is 12.8. The van der Waals surface area contributed by atoms with Crippen LogP contribution in [0.5, 0.6) is 0 Å². The number of hydrogen-bond donors (Lipinski definition) is 1. The van der Waals surface area contributed by atoms with E-state index in [1.807, 2.05) is 0 Å². The number of rotatable bonds is 6. The number of aldehydes is 1. The summed E-state index contributed by atoms with van der Waals surface area (Å²) in [7, 11) is -3.19. The van der Waals surface area contributed by atoms with Crippen molar-refractivity contribution < 1.29 is 13.2 Å². The minimum Gasteiger partial charge on any atom is -0.303 e. The van der Waals surface area contributed by atoms with Gasteiger partial charge in [-0.05, 0) is 33.6 Å². The van der Waals surface area contributed by atoms with Crippen molar-refractivity contribution in [3.05, 3.63) is 0 Å². The number of carbonyl (C=O) groups excluding carboxylic acids is 1. The number of unbranched alkanes of at least 4 members (excludes halogenated alkanes) is 2. The van der Waals surface area contributed by atoms with Crippen LogP contribution in [0.15, 0.2) is 0 Å². The molecule has 0 heterocycles. The van der Waals surface area contributed by atoms with E-state index >= 15 is 0 Å². The van der Waals surface area contributed by atoms with E-state index in [9.17, 15) is 13.2 Å². The summed E-state index contributed by atoms with van der Waals surface area (Å²) in [6, 6.07) is 0. The standard InChI is InChI=1S/C9H19NO3S/c1-9(2,3)10-14(12,13)8-6-4-5-7-11/h7,10H,4-6,8H2,1-3H3. The highest BCUT2D eigenvalue weighted by Crippen LogP contribution is 2.04. The lowest BCUT2D eigenvalue weighted by Crippen LogP contribution is -2.41. The first kappa shape index (κ1) is 13.6. The smallest absolute Gasteiger partial charge is 0.212 e. The van der Waals surface area contributed by atoms with Gasteiger partial charge in [0.15, 0.2) is 0 Å². The molecular weight excluding hydrogens is 202 g/mol. The first-order chi connectivity index (χ1) is 6.27. The zero-order valence-electron chi connectivity index (χ0n) is 9.04. The van der Waals surface area contributed by atoms with E-state index in [4.69, 9.17) is 0 Å². The second-order valence-electron chi connectivity index (χ2n) is 4.33. The molecule has 0 fully saturated rings. The predicted molar refractivity (Wildman–Crippen MR) is 56.6 cm³/mol. The second kappa shape index (κ2) is 5.46. The van der Waals surface area contributed by atoms with Crippen LogP contribution in [0.2, 0.25) is 0 Å². The van der Waals surface area contributed by atoms with Crippen molar-refractivity contribution >= 4 is 16.3 Å². The van der Waals surface area contributed by atoms with Crippen LogP contribution in [0, 0.1) is 0 Å². The van der Waals surface area contributed by atoms with Crippen LogP contribution in [-0.4, -0.2) is 26.0 Å². The van der Waals surface area contributed by atoms with Gasteiger partial charge in [-0.15, -0.1) is 0 Å². The largest absolute Gasteiger partial charge is 0.303 e. The molecule has 0 saturated carbocycles. The van der Waals surface area contributed by atoms with Gasteiger partial charge in [0.05, 0.1) is 5.75 Å². The Bertz CT molecular complexity index is 264. The lowest BCUT2D eigenvalue weighted by atomic mass is 10.1. The molecular formula is C9H19NO3S. The molecule has 1 N–H and O–H groups in total. The summed E-state index contributed by atoms with van der Waals surface area (Å²) in [4.78, 5) is 9.99. The van der Waals surface area contributed by atoms with Crippen molar-refractivity contribution in [1.82, 2.24) is 4.72 Å². The molecule has 4 nitrogen and oxygen atoms in total. The summed E-state index contributed by atoms with van der Waals surface area (Å²) in [6.45, 7) is 5.40. The maximum absolute atomic E-state index is 11.4. The first-order valence-electron chi connectivity index (χ1n) is 4.72. The SMILES string of the molecule is CC(C)(C)NS(=O)(=O)CCCCC=O. The van der Waals surface area contributed by atoms with Crippen LogP contribution in [0.4, 0.5) is 0 Å². The highest BCUT2D eigenvalue weighted by molar-refractivity contribution is 7.89. The predicted octanol–water partition coefficient (Wildman–Crippen LogP) is 1.07. The Morgan fingerprint density at radius 1 is 1.21 bits per heavy atom. The van der Waals surface area contributed by atoms with Gasteiger partial charge in [0.25, 0.3) is 0 Å². The van der Waals surface area contributed by atoms with Gasteiger partial charge in [-0.2, -0.15) is 0 Å². The molecule has 0 amide bonds. The number of sulfonamides is 1. The quantitative estimate of drug-likeness (QED) is 0.539. The van der Waals surface area contributed by atoms with Crippen molar-refractivity contribution in [2.75, 3.05) is 5.75 Å². The van der Waals surface area contributed by atoms with Crippen LogP contribution in [0.1, 0.15) is 40.0 Å². The Kier molecular flexibility index (Phi) is 5.29. The highest BCUT2D eigenvalue weighted by atomic mass is 32.2. The number of nitrogens with one attached hydrogen (secondary N) is 1. The van der Waals surface area contributed by atoms with E-state index in [1.165, 1.54) is 0 Å². The second-order valence-corrected chi connectivity index (χ2v) is 6.18. The van der Waals surface area contributed by atoms with Crippen LogP contribution in [-0.2, 0) is 14.8 Å². The monoisotopic (exact) mass is 221 g/mol. The summed E-state index contributed by atoms with van der Waals surface area (Å²) in [5, 5.41) is 0. The van der Waals surface area contributed by atoms with Crippen LogP contribution in [0.25, 0.3) is 0 Å². The van der Waals surface area contributed by atoms with Gasteiger partial charge in [0.2, 0.25) is 10.0 Å². The molecule has 0 aromatic heterocycles. The van der Waals surface area contributed by atoms with Crippen molar-refractivity contribution in [2.45, 2.75) is 45.6 Å².